The van der Waals surface area contributed by atoms with Gasteiger partial charge in [0.05, 0.1) is 18.3 Å². The minimum Gasteiger partial charge on any atom is -0.494 e. The highest BCUT2D eigenvalue weighted by Crippen LogP contribution is 2.32. The van der Waals surface area contributed by atoms with Gasteiger partial charge in [-0.3, -0.25) is 0 Å². The molecule has 0 fully saturated rings. The van der Waals surface area contributed by atoms with Gasteiger partial charge in [-0.1, -0.05) is 12.1 Å². The van der Waals surface area contributed by atoms with Crippen molar-refractivity contribution in [1.29, 1.82) is 0 Å². The van der Waals surface area contributed by atoms with Crippen LogP contribution in [0.15, 0.2) is 42.5 Å². The van der Waals surface area contributed by atoms with Gasteiger partial charge in [-0.25, -0.2) is 4.39 Å². The first-order valence-corrected chi connectivity index (χ1v) is 6.49. The Morgan fingerprint density at radius 3 is 2.55 bits per heavy atom. The molecule has 0 saturated heterocycles. The summed E-state index contributed by atoms with van der Waals surface area (Å²) in [4.78, 5) is 0. The van der Waals surface area contributed by atoms with E-state index in [0.29, 0.717) is 23.9 Å². The molecule has 1 atom stereocenters. The van der Waals surface area contributed by atoms with Gasteiger partial charge in [0, 0.05) is 6.07 Å². The van der Waals surface area contributed by atoms with Crippen LogP contribution in [0.1, 0.15) is 25.5 Å². The second kappa shape index (κ2) is 6.39. The number of hydrogen-bond acceptors (Lipinski definition) is 3. The number of rotatable bonds is 5. The third-order valence-corrected chi connectivity index (χ3v) is 2.78. The molecule has 0 aliphatic carbocycles. The molecule has 0 aliphatic rings. The fraction of sp³-hybridized carbons (Fsp3) is 0.250. The van der Waals surface area contributed by atoms with Gasteiger partial charge >= 0.3 is 0 Å². The van der Waals surface area contributed by atoms with Crippen molar-refractivity contribution in [3.05, 3.63) is 53.8 Å². The Hall–Kier alpha value is -2.07. The standard InChI is InChI=1S/C16H17FO3/c1-3-19-12-6-4-7-13(10-12)20-15-9-5-8-14(17)16(15)11(2)18/h4-11,18H,3H2,1-2H3/t11-/m1/s1. The first-order chi connectivity index (χ1) is 9.61. The van der Waals surface area contributed by atoms with Crippen LogP contribution in [0, 0.1) is 5.82 Å². The summed E-state index contributed by atoms with van der Waals surface area (Å²) in [5.74, 6) is 1.02. The van der Waals surface area contributed by atoms with Crippen LogP contribution in [0.4, 0.5) is 4.39 Å². The van der Waals surface area contributed by atoms with Gasteiger partial charge in [0.15, 0.2) is 0 Å². The van der Waals surface area contributed by atoms with E-state index in [2.05, 4.69) is 0 Å². The number of ether oxygens (including phenoxy) is 2. The molecular formula is C16H17FO3. The Morgan fingerprint density at radius 2 is 1.85 bits per heavy atom. The smallest absolute Gasteiger partial charge is 0.136 e. The number of benzene rings is 2. The zero-order valence-corrected chi connectivity index (χ0v) is 11.5. The lowest BCUT2D eigenvalue weighted by Crippen LogP contribution is -2.00. The largest absolute Gasteiger partial charge is 0.494 e. The molecule has 0 heterocycles. The molecule has 0 unspecified atom stereocenters. The Bertz CT molecular complexity index is 582. The van der Waals surface area contributed by atoms with E-state index in [1.165, 1.54) is 13.0 Å². The maximum Gasteiger partial charge on any atom is 0.136 e. The van der Waals surface area contributed by atoms with Crippen LogP contribution in [-0.4, -0.2) is 11.7 Å². The maximum absolute atomic E-state index is 13.7. The van der Waals surface area contributed by atoms with Crippen molar-refractivity contribution in [3.8, 4) is 17.2 Å². The quantitative estimate of drug-likeness (QED) is 0.894. The van der Waals surface area contributed by atoms with Crippen molar-refractivity contribution in [2.75, 3.05) is 6.61 Å². The minimum absolute atomic E-state index is 0.148. The van der Waals surface area contributed by atoms with Gasteiger partial charge in [0.1, 0.15) is 23.1 Å². The third kappa shape index (κ3) is 3.27. The van der Waals surface area contributed by atoms with Crippen molar-refractivity contribution >= 4 is 0 Å². The lowest BCUT2D eigenvalue weighted by molar-refractivity contribution is 0.190. The monoisotopic (exact) mass is 276 g/mol. The highest BCUT2D eigenvalue weighted by molar-refractivity contribution is 5.41. The molecule has 3 nitrogen and oxygen atoms in total. The molecule has 0 saturated carbocycles. The topological polar surface area (TPSA) is 38.7 Å². The van der Waals surface area contributed by atoms with E-state index >= 15 is 0 Å². The van der Waals surface area contributed by atoms with Crippen molar-refractivity contribution in [2.24, 2.45) is 0 Å². The summed E-state index contributed by atoms with van der Waals surface area (Å²) in [7, 11) is 0. The Kier molecular flexibility index (Phi) is 4.58. The zero-order chi connectivity index (χ0) is 14.5. The van der Waals surface area contributed by atoms with Gasteiger partial charge in [-0.05, 0) is 38.1 Å². The van der Waals surface area contributed by atoms with Crippen LogP contribution < -0.4 is 9.47 Å². The molecule has 2 aromatic carbocycles. The van der Waals surface area contributed by atoms with E-state index in [9.17, 15) is 9.50 Å². The predicted octanol–water partition coefficient (Wildman–Crippen LogP) is 4.07. The second-order valence-electron chi connectivity index (χ2n) is 4.34. The molecule has 0 aliphatic heterocycles. The number of aliphatic hydroxyl groups is 1. The summed E-state index contributed by atoms with van der Waals surface area (Å²) in [5.41, 5.74) is 0.148. The summed E-state index contributed by atoms with van der Waals surface area (Å²) in [6, 6.07) is 11.5. The summed E-state index contributed by atoms with van der Waals surface area (Å²) in [5, 5.41) is 9.66. The molecule has 20 heavy (non-hydrogen) atoms. The number of aliphatic hydroxyl groups excluding tert-OH is 1. The van der Waals surface area contributed by atoms with Gasteiger partial charge in [-0.2, -0.15) is 0 Å². The van der Waals surface area contributed by atoms with E-state index < -0.39 is 11.9 Å². The minimum atomic E-state index is -0.943. The van der Waals surface area contributed by atoms with Gasteiger partial charge in [0.25, 0.3) is 0 Å². The van der Waals surface area contributed by atoms with Crippen molar-refractivity contribution < 1.29 is 19.0 Å². The Balaban J connectivity index is 2.30. The normalized spacial score (nSPS) is 12.0. The van der Waals surface area contributed by atoms with E-state index in [0.717, 1.165) is 0 Å². The summed E-state index contributed by atoms with van der Waals surface area (Å²) < 4.78 is 24.8. The van der Waals surface area contributed by atoms with E-state index in [-0.39, 0.29) is 5.56 Å². The molecule has 1 N–H and O–H groups in total. The highest BCUT2D eigenvalue weighted by Gasteiger charge is 2.15. The summed E-state index contributed by atoms with van der Waals surface area (Å²) in [6.07, 6.45) is -0.943. The van der Waals surface area contributed by atoms with Crippen molar-refractivity contribution in [1.82, 2.24) is 0 Å². The average Bonchev–Trinajstić information content (AvgIpc) is 2.39. The highest BCUT2D eigenvalue weighted by atomic mass is 19.1. The van der Waals surface area contributed by atoms with Gasteiger partial charge in [-0.15, -0.1) is 0 Å². The van der Waals surface area contributed by atoms with Crippen LogP contribution in [0.5, 0.6) is 17.2 Å². The van der Waals surface area contributed by atoms with Crippen LogP contribution >= 0.6 is 0 Å². The van der Waals surface area contributed by atoms with Gasteiger partial charge < -0.3 is 14.6 Å². The molecule has 4 heteroatoms. The molecule has 2 rings (SSSR count). The second-order valence-corrected chi connectivity index (χ2v) is 4.34. The van der Waals surface area contributed by atoms with E-state index in [4.69, 9.17) is 9.47 Å². The molecule has 0 radical (unpaired) electrons. The van der Waals surface area contributed by atoms with Crippen molar-refractivity contribution in [2.45, 2.75) is 20.0 Å². The first kappa shape index (κ1) is 14.3. The fourth-order valence-corrected chi connectivity index (χ4v) is 1.93. The van der Waals surface area contributed by atoms with Crippen LogP contribution in [0.25, 0.3) is 0 Å². The Labute approximate surface area is 117 Å². The molecule has 106 valence electrons. The predicted molar refractivity (Wildman–Crippen MR) is 74.7 cm³/mol. The molecular weight excluding hydrogens is 259 g/mol. The SMILES string of the molecule is CCOc1cccc(Oc2cccc(F)c2[C@@H](C)O)c1. The lowest BCUT2D eigenvalue weighted by atomic mass is 10.1. The summed E-state index contributed by atoms with van der Waals surface area (Å²) in [6.45, 7) is 3.95. The van der Waals surface area contributed by atoms with E-state index in [1.807, 2.05) is 13.0 Å². The Morgan fingerprint density at radius 1 is 1.15 bits per heavy atom. The average molecular weight is 276 g/mol. The lowest BCUT2D eigenvalue weighted by Gasteiger charge is -2.14. The molecule has 0 bridgehead atoms. The molecule has 2 aromatic rings. The molecule has 0 aromatic heterocycles. The number of hydrogen-bond donors (Lipinski definition) is 1. The van der Waals surface area contributed by atoms with Crippen LogP contribution in [0.2, 0.25) is 0 Å². The molecule has 0 spiro atoms. The molecule has 0 amide bonds. The fourth-order valence-electron chi connectivity index (χ4n) is 1.93. The maximum atomic E-state index is 13.7. The van der Waals surface area contributed by atoms with Crippen molar-refractivity contribution in [3.63, 3.8) is 0 Å². The number of halogens is 1. The summed E-state index contributed by atoms with van der Waals surface area (Å²) >= 11 is 0. The first-order valence-electron chi connectivity index (χ1n) is 6.49. The van der Waals surface area contributed by atoms with E-state index in [1.54, 1.807) is 30.3 Å². The van der Waals surface area contributed by atoms with Crippen LogP contribution in [0.3, 0.4) is 0 Å². The van der Waals surface area contributed by atoms with Gasteiger partial charge in [0.2, 0.25) is 0 Å². The van der Waals surface area contributed by atoms with Crippen LogP contribution in [-0.2, 0) is 0 Å². The zero-order valence-electron chi connectivity index (χ0n) is 11.5. The third-order valence-electron chi connectivity index (χ3n) is 2.78.